The summed E-state index contributed by atoms with van der Waals surface area (Å²) in [5.74, 6) is 0. The highest BCUT2D eigenvalue weighted by molar-refractivity contribution is 14.1. The van der Waals surface area contributed by atoms with Crippen LogP contribution in [0.15, 0.2) is 28.3 Å². The second-order valence-electron chi connectivity index (χ2n) is 1.85. The Bertz CT molecular complexity index is 243. The molecule has 52 valence electrons. The van der Waals surface area contributed by atoms with Crippen LogP contribution >= 0.6 is 34.2 Å². The van der Waals surface area contributed by atoms with Crippen LogP contribution in [0.2, 0.25) is 5.02 Å². The van der Waals surface area contributed by atoms with Crippen LogP contribution in [0, 0.1) is 0 Å². The van der Waals surface area contributed by atoms with Gasteiger partial charge in [0, 0.05) is 5.02 Å². The third-order valence-electron chi connectivity index (χ3n) is 1.10. The predicted octanol–water partition coefficient (Wildman–Crippen LogP) is 3.75. The molecule has 0 aliphatic rings. The van der Waals surface area contributed by atoms with Crippen molar-refractivity contribution in [2.45, 2.75) is 0 Å². The molecule has 0 bridgehead atoms. The molecule has 0 radical (unpaired) electrons. The van der Waals surface area contributed by atoms with Gasteiger partial charge in [0.05, 0.1) is 0 Å². The van der Waals surface area contributed by atoms with Crippen molar-refractivity contribution in [2.75, 3.05) is 0 Å². The first-order valence-corrected chi connectivity index (χ1v) is 4.47. The smallest absolute Gasteiger partial charge is 0.0411 e. The summed E-state index contributed by atoms with van der Waals surface area (Å²) in [7, 11) is 0. The summed E-state index contributed by atoms with van der Waals surface area (Å²) in [4.78, 5) is 0. The van der Waals surface area contributed by atoms with Crippen LogP contribution in [0.3, 0.4) is 0 Å². The molecule has 0 saturated heterocycles. The molecule has 0 saturated carbocycles. The Morgan fingerprint density at radius 3 is 2.80 bits per heavy atom. The SMILES string of the molecule is Clc1cccc(C=CI)c1. The Labute approximate surface area is 79.0 Å². The Hall–Kier alpha value is -0.0200. The molecule has 0 aliphatic carbocycles. The van der Waals surface area contributed by atoms with Gasteiger partial charge in [-0.05, 0) is 27.9 Å². The average Bonchev–Trinajstić information content (AvgIpc) is 1.88. The van der Waals surface area contributed by atoms with Crippen LogP contribution < -0.4 is 0 Å². The summed E-state index contributed by atoms with van der Waals surface area (Å²) in [5.41, 5.74) is 1.14. The average molecular weight is 264 g/mol. The van der Waals surface area contributed by atoms with Gasteiger partial charge in [-0.1, -0.05) is 46.3 Å². The molecule has 1 aromatic rings. The van der Waals surface area contributed by atoms with Gasteiger partial charge in [-0.3, -0.25) is 0 Å². The molecule has 0 unspecified atom stereocenters. The van der Waals surface area contributed by atoms with Gasteiger partial charge in [0.25, 0.3) is 0 Å². The van der Waals surface area contributed by atoms with Crippen molar-refractivity contribution in [1.29, 1.82) is 0 Å². The highest BCUT2D eigenvalue weighted by Gasteiger charge is 1.86. The third-order valence-corrected chi connectivity index (χ3v) is 1.70. The zero-order valence-corrected chi connectivity index (χ0v) is 8.13. The lowest BCUT2D eigenvalue weighted by Crippen LogP contribution is -1.68. The summed E-state index contributed by atoms with van der Waals surface area (Å²) < 4.78 is 1.96. The normalized spacial score (nSPS) is 10.6. The van der Waals surface area contributed by atoms with Crippen molar-refractivity contribution in [3.8, 4) is 0 Å². The molecule has 10 heavy (non-hydrogen) atoms. The van der Waals surface area contributed by atoms with E-state index in [-0.39, 0.29) is 0 Å². The van der Waals surface area contributed by atoms with E-state index in [2.05, 4.69) is 22.6 Å². The first-order chi connectivity index (χ1) is 4.83. The summed E-state index contributed by atoms with van der Waals surface area (Å²) in [6.07, 6.45) is 2.01. The van der Waals surface area contributed by atoms with Gasteiger partial charge in [0.2, 0.25) is 0 Å². The molecule has 0 aromatic heterocycles. The largest absolute Gasteiger partial charge is 0.0843 e. The van der Waals surface area contributed by atoms with Gasteiger partial charge in [0.15, 0.2) is 0 Å². The number of hydrogen-bond donors (Lipinski definition) is 0. The molecule has 1 rings (SSSR count). The van der Waals surface area contributed by atoms with E-state index in [4.69, 9.17) is 11.6 Å². The van der Waals surface area contributed by atoms with Crippen molar-refractivity contribution < 1.29 is 0 Å². The molecule has 2 heteroatoms. The maximum absolute atomic E-state index is 5.74. The van der Waals surface area contributed by atoms with Crippen molar-refractivity contribution in [1.82, 2.24) is 0 Å². The zero-order chi connectivity index (χ0) is 7.40. The Morgan fingerprint density at radius 2 is 2.20 bits per heavy atom. The van der Waals surface area contributed by atoms with E-state index in [9.17, 15) is 0 Å². The van der Waals surface area contributed by atoms with Crippen LogP contribution in [-0.2, 0) is 0 Å². The van der Waals surface area contributed by atoms with E-state index in [1.807, 2.05) is 34.4 Å². The highest BCUT2D eigenvalue weighted by atomic mass is 127. The maximum atomic E-state index is 5.74. The van der Waals surface area contributed by atoms with Crippen LogP contribution in [0.4, 0.5) is 0 Å². The zero-order valence-electron chi connectivity index (χ0n) is 5.22. The Kier molecular flexibility index (Phi) is 3.22. The fourth-order valence-corrected chi connectivity index (χ4v) is 1.30. The van der Waals surface area contributed by atoms with Gasteiger partial charge in [0.1, 0.15) is 0 Å². The molecule has 0 heterocycles. The minimum atomic E-state index is 0.784. The lowest BCUT2D eigenvalue weighted by Gasteiger charge is -1.91. The monoisotopic (exact) mass is 264 g/mol. The number of benzene rings is 1. The Balaban J connectivity index is 2.95. The van der Waals surface area contributed by atoms with E-state index < -0.39 is 0 Å². The number of halogens is 2. The topological polar surface area (TPSA) is 0 Å². The summed E-state index contributed by atoms with van der Waals surface area (Å²) in [6.45, 7) is 0. The second-order valence-corrected chi connectivity index (χ2v) is 3.00. The molecule has 1 aromatic carbocycles. The van der Waals surface area contributed by atoms with Crippen LogP contribution in [-0.4, -0.2) is 0 Å². The number of hydrogen-bond acceptors (Lipinski definition) is 0. The van der Waals surface area contributed by atoms with Crippen molar-refractivity contribution >= 4 is 40.3 Å². The standard InChI is InChI=1S/C8H6ClI/c9-8-3-1-2-7(6-8)4-5-10/h1-6H. The van der Waals surface area contributed by atoms with Crippen molar-refractivity contribution in [3.05, 3.63) is 38.9 Å². The van der Waals surface area contributed by atoms with Crippen LogP contribution in [0.25, 0.3) is 6.08 Å². The Morgan fingerprint density at radius 1 is 1.40 bits per heavy atom. The van der Waals surface area contributed by atoms with Crippen LogP contribution in [0.5, 0.6) is 0 Å². The summed E-state index contributed by atoms with van der Waals surface area (Å²) in [5, 5.41) is 0.784. The van der Waals surface area contributed by atoms with Gasteiger partial charge in [-0.2, -0.15) is 0 Å². The van der Waals surface area contributed by atoms with Gasteiger partial charge in [-0.25, -0.2) is 0 Å². The molecule has 0 aliphatic heterocycles. The van der Waals surface area contributed by atoms with Gasteiger partial charge < -0.3 is 0 Å². The van der Waals surface area contributed by atoms with Crippen LogP contribution in [0.1, 0.15) is 5.56 Å². The van der Waals surface area contributed by atoms with E-state index in [0.717, 1.165) is 10.6 Å². The lowest BCUT2D eigenvalue weighted by molar-refractivity contribution is 1.66. The first-order valence-electron chi connectivity index (χ1n) is 2.85. The second kappa shape index (κ2) is 3.98. The molecule has 0 N–H and O–H groups in total. The lowest BCUT2D eigenvalue weighted by atomic mass is 10.2. The molecule has 0 spiro atoms. The fraction of sp³-hybridized carbons (Fsp3) is 0. The minimum Gasteiger partial charge on any atom is -0.0843 e. The highest BCUT2D eigenvalue weighted by Crippen LogP contribution is 2.12. The molecular formula is C8H6ClI. The molecule has 0 amide bonds. The molecule has 0 nitrogen and oxygen atoms in total. The van der Waals surface area contributed by atoms with Crippen molar-refractivity contribution in [2.24, 2.45) is 0 Å². The fourth-order valence-electron chi connectivity index (χ4n) is 0.683. The van der Waals surface area contributed by atoms with Gasteiger partial charge >= 0.3 is 0 Å². The maximum Gasteiger partial charge on any atom is 0.0411 e. The predicted molar refractivity (Wildman–Crippen MR) is 54.5 cm³/mol. The minimum absolute atomic E-state index is 0.784. The van der Waals surface area contributed by atoms with E-state index >= 15 is 0 Å². The quantitative estimate of drug-likeness (QED) is 0.678. The van der Waals surface area contributed by atoms with Crippen molar-refractivity contribution in [3.63, 3.8) is 0 Å². The van der Waals surface area contributed by atoms with E-state index in [1.165, 1.54) is 0 Å². The van der Waals surface area contributed by atoms with E-state index in [1.54, 1.807) is 0 Å². The van der Waals surface area contributed by atoms with E-state index in [0.29, 0.717) is 0 Å². The third kappa shape index (κ3) is 2.31. The van der Waals surface area contributed by atoms with Gasteiger partial charge in [-0.15, -0.1) is 0 Å². The molecule has 0 fully saturated rings. The number of rotatable bonds is 1. The molecule has 0 atom stereocenters. The summed E-state index contributed by atoms with van der Waals surface area (Å²) in [6, 6.07) is 7.75. The summed E-state index contributed by atoms with van der Waals surface area (Å²) >= 11 is 7.92. The molecular weight excluding hydrogens is 258 g/mol. The first kappa shape index (κ1) is 8.08.